The van der Waals surface area contributed by atoms with Crippen molar-refractivity contribution in [1.82, 2.24) is 42.5 Å². The first-order valence-corrected chi connectivity index (χ1v) is 26.1. The van der Waals surface area contributed by atoms with E-state index in [4.69, 9.17) is 0 Å². The van der Waals surface area contributed by atoms with E-state index in [1.807, 2.05) is 0 Å². The second-order valence-electron chi connectivity index (χ2n) is 18.0. The molecule has 5 saturated heterocycles. The molecule has 9 fully saturated rings. The van der Waals surface area contributed by atoms with Gasteiger partial charge in [0.25, 0.3) is 0 Å². The molecule has 20 atom stereocenters. The van der Waals surface area contributed by atoms with Gasteiger partial charge in [0.2, 0.25) is 0 Å². The number of fused-ring (bicyclic) bond motifs is 20. The molecule has 4 saturated carbocycles. The molecular weight excluding hydrogens is 928 g/mol. The van der Waals surface area contributed by atoms with Crippen LogP contribution in [-0.4, -0.2) is 122 Å². The molecule has 0 spiro atoms. The van der Waals surface area contributed by atoms with Crippen molar-refractivity contribution in [1.29, 1.82) is 0 Å². The summed E-state index contributed by atoms with van der Waals surface area (Å²) >= 11 is 0. The Labute approximate surface area is 361 Å². The molecule has 0 aromatic rings. The van der Waals surface area contributed by atoms with Gasteiger partial charge in [0.15, 0.2) is 0 Å². The molecule has 5 aliphatic heterocycles. The Kier molecular flexibility index (Phi) is 13.4. The van der Waals surface area contributed by atoms with Crippen LogP contribution in [0.2, 0.25) is 0 Å². The van der Waals surface area contributed by atoms with Gasteiger partial charge in [-0.05, 0) is 74.0 Å². The molecule has 8 bridgehead atoms. The number of hydrogen-bond donors (Lipinski definition) is 8. The van der Waals surface area contributed by atoms with Gasteiger partial charge in [-0.1, -0.05) is 38.5 Å². The Hall–Kier alpha value is 0.359. The first-order chi connectivity index (χ1) is 26.3. The zero-order chi connectivity index (χ0) is 39.7. The van der Waals surface area contributed by atoms with Gasteiger partial charge in [-0.2, -0.15) is 0 Å². The van der Waals surface area contributed by atoms with Crippen molar-refractivity contribution < 1.29 is 86.0 Å². The van der Waals surface area contributed by atoms with Crippen LogP contribution in [0.5, 0.6) is 0 Å². The summed E-state index contributed by atoms with van der Waals surface area (Å²) in [7, 11) is -24.4. The fourth-order valence-corrected chi connectivity index (χ4v) is 20.5. The maximum absolute atomic E-state index is 13.3. The van der Waals surface area contributed by atoms with Crippen molar-refractivity contribution in [2.75, 3.05) is 0 Å². The summed E-state index contributed by atoms with van der Waals surface area (Å²) in [6.07, 6.45) is 6.60. The topological polar surface area (TPSA) is 325 Å². The van der Waals surface area contributed by atoms with Crippen LogP contribution in [0.1, 0.15) is 77.0 Å². The normalized spacial score (nSPS) is 49.3. The maximum atomic E-state index is 13.3. The van der Waals surface area contributed by atoms with Crippen LogP contribution in [-0.2, 0) is 74.6 Å². The molecule has 9 aliphatic rings. The minimum atomic E-state index is -6.22. The van der Waals surface area contributed by atoms with Gasteiger partial charge in [0, 0.05) is 11.8 Å². The van der Waals surface area contributed by atoms with Gasteiger partial charge >= 0.3 is 34.1 Å². The Bertz CT molecular complexity index is 1860. The Balaban J connectivity index is 0.00000256. The Morgan fingerprint density at radius 2 is 0.466 bits per heavy atom. The summed E-state index contributed by atoms with van der Waals surface area (Å²) in [5.74, 6) is -3.14. The van der Waals surface area contributed by atoms with Gasteiger partial charge in [-0.3, -0.25) is 42.5 Å². The van der Waals surface area contributed by atoms with E-state index in [-0.39, 0.29) is 82.5 Å². The van der Waals surface area contributed by atoms with Crippen LogP contribution in [0.15, 0.2) is 0 Å². The van der Waals surface area contributed by atoms with Crippen molar-refractivity contribution in [2.24, 2.45) is 47.3 Å². The third-order valence-corrected chi connectivity index (χ3v) is 20.9. The summed E-state index contributed by atoms with van der Waals surface area (Å²) in [5, 5.41) is 16.2. The second-order valence-corrected chi connectivity index (χ2v) is 24.1. The van der Waals surface area contributed by atoms with Crippen LogP contribution in [0.4, 0.5) is 0 Å². The molecule has 0 amide bonds. The molecular formula is C32H52Fe2N8O12S4. The van der Waals surface area contributed by atoms with E-state index in [1.165, 1.54) is 0 Å². The SMILES string of the molecule is O=S(=O)([O-])C1C2C3NC4NC(NC5NC(NC6NC(NC(N3)C2C(S(=O)(=O)[O-])C(S(=O)(=O)[O-])C1S(=O)(=O)[O-])C1CCCCC61)C1CCCCC51)C1CCCCC41.[Fe+2].[Fe+2]. The summed E-state index contributed by atoms with van der Waals surface area (Å²) in [4.78, 5) is 0. The van der Waals surface area contributed by atoms with Crippen molar-refractivity contribution >= 4 is 40.5 Å². The minimum Gasteiger partial charge on any atom is -0.748 e. The molecule has 0 radical (unpaired) electrons. The monoisotopic (exact) mass is 980 g/mol. The molecule has 5 heterocycles. The van der Waals surface area contributed by atoms with Crippen LogP contribution in [0.3, 0.4) is 0 Å². The molecule has 8 N–H and O–H groups in total. The predicted octanol–water partition coefficient (Wildman–Crippen LogP) is -3.30. The van der Waals surface area contributed by atoms with E-state index in [0.29, 0.717) is 11.8 Å². The predicted molar refractivity (Wildman–Crippen MR) is 193 cm³/mol. The average Bonchev–Trinajstić information content (AvgIpc) is 3.84. The summed E-state index contributed by atoms with van der Waals surface area (Å²) in [6.45, 7) is 0. The zero-order valence-corrected chi connectivity index (χ0v) is 36.7. The van der Waals surface area contributed by atoms with Gasteiger partial charge in [0.1, 0.15) is 20.2 Å². The van der Waals surface area contributed by atoms with E-state index < -0.39 is 98.0 Å². The van der Waals surface area contributed by atoms with Crippen LogP contribution in [0, 0.1) is 47.3 Å². The van der Waals surface area contributed by atoms with Crippen molar-refractivity contribution in [3.8, 4) is 0 Å². The fourth-order valence-electron chi connectivity index (χ4n) is 13.4. The third kappa shape index (κ3) is 8.17. The van der Waals surface area contributed by atoms with Crippen LogP contribution < -0.4 is 42.5 Å². The van der Waals surface area contributed by atoms with Crippen LogP contribution in [0.25, 0.3) is 0 Å². The molecule has 4 aliphatic carbocycles. The van der Waals surface area contributed by atoms with Gasteiger partial charge in [-0.15, -0.1) is 0 Å². The van der Waals surface area contributed by atoms with Gasteiger partial charge < -0.3 is 18.2 Å². The molecule has 332 valence electrons. The molecule has 0 aromatic heterocycles. The maximum Gasteiger partial charge on any atom is 2.00 e. The summed E-state index contributed by atoms with van der Waals surface area (Å²) < 4.78 is 157. The van der Waals surface area contributed by atoms with Gasteiger partial charge in [0.05, 0.1) is 90.6 Å². The van der Waals surface area contributed by atoms with E-state index in [2.05, 4.69) is 42.5 Å². The molecule has 20 nitrogen and oxygen atoms in total. The van der Waals surface area contributed by atoms with Gasteiger partial charge in [-0.25, -0.2) is 33.7 Å². The molecule has 26 heteroatoms. The number of rotatable bonds is 4. The van der Waals surface area contributed by atoms with E-state index >= 15 is 0 Å². The summed E-state index contributed by atoms with van der Waals surface area (Å²) in [6, 6.07) is 0. The second kappa shape index (κ2) is 16.7. The number of hydrogen-bond acceptors (Lipinski definition) is 20. The molecule has 9 rings (SSSR count). The first-order valence-electron chi connectivity index (χ1n) is 20.2. The van der Waals surface area contributed by atoms with E-state index in [9.17, 15) is 51.9 Å². The fraction of sp³-hybridized carbons (Fsp3) is 1.00. The molecule has 20 unspecified atom stereocenters. The molecule has 0 aromatic carbocycles. The zero-order valence-electron chi connectivity index (χ0n) is 31.3. The Morgan fingerprint density at radius 1 is 0.293 bits per heavy atom. The third-order valence-electron chi connectivity index (χ3n) is 15.3. The quantitative estimate of drug-likeness (QED) is 0.101. The van der Waals surface area contributed by atoms with Crippen LogP contribution >= 0.6 is 0 Å². The number of nitrogens with one attached hydrogen (secondary N) is 8. The first kappa shape index (κ1) is 46.4. The Morgan fingerprint density at radius 3 is 0.655 bits per heavy atom. The standard InChI is InChI=1S/C32H56N8O12S4.2Fe/c41-53(42,43)21-19-20(22(54(44,45)46)24(56(50,51)52)23(21)55(47,48)49)32-39-30-18-12-6-4-10-16(18)28(37-30)35-26-14-8-2-1-7-13(14)25(33-26)34-27-15-9-3-5-11-17(15)29(36-27)38-31(19)40-32;;/h13-40H,1-12H2,(H,41,42,43)(H,44,45,46)(H,47,48,49)(H,50,51,52);;/q;2*+2/p-4. The van der Waals surface area contributed by atoms with Crippen molar-refractivity contribution in [2.45, 2.75) is 147 Å². The summed E-state index contributed by atoms with van der Waals surface area (Å²) in [5.41, 5.74) is 0. The molecule has 58 heavy (non-hydrogen) atoms. The largest absolute Gasteiger partial charge is 2.00 e. The van der Waals surface area contributed by atoms with Crippen molar-refractivity contribution in [3.63, 3.8) is 0 Å². The smallest absolute Gasteiger partial charge is 0.748 e. The minimum absolute atomic E-state index is 0. The van der Waals surface area contributed by atoms with Crippen molar-refractivity contribution in [3.05, 3.63) is 0 Å². The average molecular weight is 981 g/mol. The van der Waals surface area contributed by atoms with E-state index in [1.54, 1.807) is 0 Å². The van der Waals surface area contributed by atoms with E-state index in [0.717, 1.165) is 77.0 Å².